The lowest BCUT2D eigenvalue weighted by atomic mass is 10.0. The largest absolute Gasteiger partial charge is 0.379 e. The first-order valence-electron chi connectivity index (χ1n) is 4.93. The van der Waals surface area contributed by atoms with Crippen LogP contribution in [0.4, 0.5) is 0 Å². The van der Waals surface area contributed by atoms with E-state index in [1.807, 2.05) is 4.90 Å². The van der Waals surface area contributed by atoms with Gasteiger partial charge in [-0.25, -0.2) is 0 Å². The van der Waals surface area contributed by atoms with Gasteiger partial charge in [-0.3, -0.25) is 4.79 Å². The van der Waals surface area contributed by atoms with Gasteiger partial charge in [0.25, 0.3) is 0 Å². The van der Waals surface area contributed by atoms with Crippen LogP contribution in [-0.4, -0.2) is 42.6 Å². The van der Waals surface area contributed by atoms with Crippen LogP contribution in [-0.2, 0) is 9.53 Å². The lowest BCUT2D eigenvalue weighted by Crippen LogP contribution is -2.52. The normalized spacial score (nSPS) is 35.5. The fourth-order valence-corrected chi connectivity index (χ4v) is 2.06. The van der Waals surface area contributed by atoms with Gasteiger partial charge in [-0.2, -0.15) is 0 Å². The Balaban J connectivity index is 2.00. The van der Waals surface area contributed by atoms with Crippen LogP contribution in [0.25, 0.3) is 0 Å². The molecule has 2 aliphatic rings. The number of piperidine rings is 1. The number of amides is 1. The van der Waals surface area contributed by atoms with Gasteiger partial charge < -0.3 is 15.4 Å². The number of ether oxygens (including phenoxy) is 1. The maximum absolute atomic E-state index is 11.7. The zero-order valence-electron chi connectivity index (χ0n) is 7.74. The van der Waals surface area contributed by atoms with Gasteiger partial charge in [0.05, 0.1) is 18.7 Å². The van der Waals surface area contributed by atoms with Crippen LogP contribution in [0.2, 0.25) is 0 Å². The molecule has 0 spiro atoms. The van der Waals surface area contributed by atoms with Crippen molar-refractivity contribution in [3.63, 3.8) is 0 Å². The molecule has 2 rings (SSSR count). The molecule has 2 atom stereocenters. The Bertz CT molecular complexity index is 202. The van der Waals surface area contributed by atoms with E-state index in [0.717, 1.165) is 32.4 Å². The predicted molar refractivity (Wildman–Crippen MR) is 48.1 cm³/mol. The Morgan fingerprint density at radius 2 is 2.31 bits per heavy atom. The van der Waals surface area contributed by atoms with Gasteiger partial charge in [-0.15, -0.1) is 0 Å². The van der Waals surface area contributed by atoms with E-state index in [4.69, 9.17) is 10.5 Å². The molecule has 2 saturated heterocycles. The molecule has 2 fully saturated rings. The molecule has 74 valence electrons. The number of carbonyl (C=O) groups excluding carboxylic acids is 1. The van der Waals surface area contributed by atoms with Crippen LogP contribution < -0.4 is 5.73 Å². The summed E-state index contributed by atoms with van der Waals surface area (Å²) in [6.45, 7) is 2.34. The minimum atomic E-state index is -0.269. The van der Waals surface area contributed by atoms with E-state index in [9.17, 15) is 4.79 Å². The van der Waals surface area contributed by atoms with E-state index in [0.29, 0.717) is 12.6 Å². The molecule has 2 unspecified atom stereocenters. The zero-order chi connectivity index (χ0) is 9.26. The van der Waals surface area contributed by atoms with Crippen LogP contribution in [0.15, 0.2) is 0 Å². The van der Waals surface area contributed by atoms with Crippen LogP contribution in [0.3, 0.4) is 0 Å². The summed E-state index contributed by atoms with van der Waals surface area (Å²) < 4.78 is 5.26. The van der Waals surface area contributed by atoms with E-state index < -0.39 is 0 Å². The Labute approximate surface area is 78.0 Å². The number of hydrogen-bond donors (Lipinski definition) is 1. The fourth-order valence-electron chi connectivity index (χ4n) is 2.06. The molecule has 1 amide bonds. The summed E-state index contributed by atoms with van der Waals surface area (Å²) in [6, 6.07) is 0.0215. The molecular formula is C9H16N2O2. The summed E-state index contributed by atoms with van der Waals surface area (Å²) in [4.78, 5) is 13.6. The van der Waals surface area contributed by atoms with Gasteiger partial charge in [-0.1, -0.05) is 0 Å². The smallest absolute Gasteiger partial charge is 0.239 e. The summed E-state index contributed by atoms with van der Waals surface area (Å²) in [7, 11) is 0. The molecule has 13 heavy (non-hydrogen) atoms. The summed E-state index contributed by atoms with van der Waals surface area (Å²) >= 11 is 0. The Morgan fingerprint density at radius 1 is 1.46 bits per heavy atom. The molecule has 4 nitrogen and oxygen atoms in total. The second kappa shape index (κ2) is 3.64. The number of nitrogens with two attached hydrogens (primary N) is 1. The molecule has 0 aromatic carbocycles. The average molecular weight is 184 g/mol. The first-order chi connectivity index (χ1) is 6.29. The second-order valence-electron chi connectivity index (χ2n) is 3.80. The van der Waals surface area contributed by atoms with Crippen LogP contribution in [0, 0.1) is 0 Å². The highest BCUT2D eigenvalue weighted by molar-refractivity contribution is 5.82. The topological polar surface area (TPSA) is 55.6 Å². The summed E-state index contributed by atoms with van der Waals surface area (Å²) in [5.74, 6) is 0.113. The third-order valence-corrected chi connectivity index (χ3v) is 2.86. The monoisotopic (exact) mass is 184 g/mol. The van der Waals surface area contributed by atoms with Crippen molar-refractivity contribution < 1.29 is 9.53 Å². The molecule has 0 aromatic rings. The Hall–Kier alpha value is -0.610. The molecule has 2 N–H and O–H groups in total. The lowest BCUT2D eigenvalue weighted by molar-refractivity contribution is -0.137. The van der Waals surface area contributed by atoms with E-state index in [1.165, 1.54) is 0 Å². The standard InChI is InChI=1S/C9H16N2O2/c10-8-2-1-4-11(9(8)12)7-3-5-13-6-7/h7-8H,1-6,10H2. The Morgan fingerprint density at radius 3 is 3.00 bits per heavy atom. The number of rotatable bonds is 1. The van der Waals surface area contributed by atoms with Crippen LogP contribution in [0.1, 0.15) is 19.3 Å². The first-order valence-corrected chi connectivity index (χ1v) is 4.93. The highest BCUT2D eigenvalue weighted by Crippen LogP contribution is 2.18. The summed E-state index contributed by atoms with van der Waals surface area (Å²) in [5.41, 5.74) is 5.70. The van der Waals surface area contributed by atoms with Gasteiger partial charge in [0.15, 0.2) is 0 Å². The van der Waals surface area contributed by atoms with E-state index in [-0.39, 0.29) is 11.9 Å². The predicted octanol–water partition coefficient (Wildman–Crippen LogP) is -0.275. The van der Waals surface area contributed by atoms with Crippen molar-refractivity contribution in [3.8, 4) is 0 Å². The van der Waals surface area contributed by atoms with Crippen molar-refractivity contribution in [2.75, 3.05) is 19.8 Å². The molecule has 0 saturated carbocycles. The van der Waals surface area contributed by atoms with Gasteiger partial charge in [0.2, 0.25) is 5.91 Å². The third-order valence-electron chi connectivity index (χ3n) is 2.86. The van der Waals surface area contributed by atoms with Crippen molar-refractivity contribution in [1.82, 2.24) is 4.90 Å². The maximum Gasteiger partial charge on any atom is 0.239 e. The second-order valence-corrected chi connectivity index (χ2v) is 3.80. The molecule has 0 radical (unpaired) electrons. The number of carbonyl (C=O) groups is 1. The first kappa shape index (κ1) is 8.97. The van der Waals surface area contributed by atoms with Crippen molar-refractivity contribution >= 4 is 5.91 Å². The molecule has 0 aromatic heterocycles. The molecule has 2 aliphatic heterocycles. The minimum Gasteiger partial charge on any atom is -0.379 e. The van der Waals surface area contributed by atoms with Gasteiger partial charge >= 0.3 is 0 Å². The quantitative estimate of drug-likeness (QED) is 0.610. The maximum atomic E-state index is 11.7. The van der Waals surface area contributed by atoms with Gasteiger partial charge in [0, 0.05) is 13.2 Å². The highest BCUT2D eigenvalue weighted by atomic mass is 16.5. The molecule has 4 heteroatoms. The minimum absolute atomic E-state index is 0.113. The SMILES string of the molecule is NC1CCCN(C2CCOC2)C1=O. The molecular weight excluding hydrogens is 168 g/mol. The van der Waals surface area contributed by atoms with Crippen molar-refractivity contribution in [3.05, 3.63) is 0 Å². The zero-order valence-corrected chi connectivity index (χ0v) is 7.74. The van der Waals surface area contributed by atoms with Gasteiger partial charge in [0.1, 0.15) is 0 Å². The van der Waals surface area contributed by atoms with Crippen molar-refractivity contribution in [1.29, 1.82) is 0 Å². The highest BCUT2D eigenvalue weighted by Gasteiger charge is 2.32. The average Bonchev–Trinajstić information content (AvgIpc) is 2.62. The van der Waals surface area contributed by atoms with Crippen LogP contribution >= 0.6 is 0 Å². The van der Waals surface area contributed by atoms with Gasteiger partial charge in [-0.05, 0) is 19.3 Å². The molecule has 2 heterocycles. The number of hydrogen-bond acceptors (Lipinski definition) is 3. The lowest BCUT2D eigenvalue weighted by Gasteiger charge is -2.34. The Kier molecular flexibility index (Phi) is 2.51. The van der Waals surface area contributed by atoms with Crippen molar-refractivity contribution in [2.45, 2.75) is 31.3 Å². The fraction of sp³-hybridized carbons (Fsp3) is 0.889. The molecule has 0 bridgehead atoms. The summed E-state index contributed by atoms with van der Waals surface area (Å²) in [6.07, 6.45) is 2.84. The van der Waals surface area contributed by atoms with Crippen molar-refractivity contribution in [2.24, 2.45) is 5.73 Å². The van der Waals surface area contributed by atoms with Crippen LogP contribution in [0.5, 0.6) is 0 Å². The van der Waals surface area contributed by atoms with E-state index >= 15 is 0 Å². The summed E-state index contributed by atoms with van der Waals surface area (Å²) in [5, 5.41) is 0. The number of nitrogens with zero attached hydrogens (tertiary/aromatic N) is 1. The number of likely N-dealkylation sites (tertiary alicyclic amines) is 1. The van der Waals surface area contributed by atoms with E-state index in [1.54, 1.807) is 0 Å². The van der Waals surface area contributed by atoms with E-state index in [2.05, 4.69) is 0 Å². The third kappa shape index (κ3) is 1.69. The molecule has 0 aliphatic carbocycles.